The van der Waals surface area contributed by atoms with Crippen LogP contribution >= 0.6 is 27.3 Å². The molecule has 5 heteroatoms. The van der Waals surface area contributed by atoms with E-state index < -0.39 is 0 Å². The van der Waals surface area contributed by atoms with E-state index in [9.17, 15) is 4.79 Å². The Kier molecular flexibility index (Phi) is 4.99. The average Bonchev–Trinajstić information content (AvgIpc) is 2.91. The fourth-order valence-electron chi connectivity index (χ4n) is 2.77. The lowest BCUT2D eigenvalue weighted by Crippen LogP contribution is -3.06. The smallest absolute Gasteiger partial charge is 0.336 e. The van der Waals surface area contributed by atoms with Gasteiger partial charge in [0.15, 0.2) is 0 Å². The van der Waals surface area contributed by atoms with Crippen LogP contribution in [0.3, 0.4) is 0 Å². The van der Waals surface area contributed by atoms with Gasteiger partial charge in [-0.15, -0.1) is 11.3 Å². The number of thiophene rings is 1. The zero-order valence-corrected chi connectivity index (χ0v) is 15.6. The molecule has 2 aromatic heterocycles. The number of halogens is 1. The van der Waals surface area contributed by atoms with Crippen LogP contribution < -0.4 is 10.5 Å². The summed E-state index contributed by atoms with van der Waals surface area (Å²) in [6.45, 7) is 3.83. The molecule has 1 atom stereocenters. The van der Waals surface area contributed by atoms with Crippen molar-refractivity contribution in [1.29, 1.82) is 0 Å². The normalized spacial score (nSPS) is 12.7. The van der Waals surface area contributed by atoms with Crippen molar-refractivity contribution in [3.05, 3.63) is 66.6 Å². The van der Waals surface area contributed by atoms with Gasteiger partial charge in [-0.25, -0.2) is 4.79 Å². The molecule has 1 aromatic carbocycles. The third kappa shape index (κ3) is 3.91. The minimum Gasteiger partial charge on any atom is -0.423 e. The molecular formula is C18H19BrNO2S+. The molecule has 2 heterocycles. The standard InChI is InChI=1S/C18H18BrNO2S/c1-3-12-4-6-15-13(9-18(21)22-16(15)8-12)10-20(2)11-14-5-7-17(19)23-14/h4-9H,3,10-11H2,1-2H3/p+1. The number of aryl methyl sites for hydroxylation is 1. The highest BCUT2D eigenvalue weighted by Crippen LogP contribution is 2.21. The van der Waals surface area contributed by atoms with E-state index in [0.29, 0.717) is 5.58 Å². The Morgan fingerprint density at radius 2 is 2.00 bits per heavy atom. The molecule has 0 bridgehead atoms. The monoisotopic (exact) mass is 392 g/mol. The van der Waals surface area contributed by atoms with Gasteiger partial charge in [0.25, 0.3) is 0 Å². The maximum atomic E-state index is 11.9. The lowest BCUT2D eigenvalue weighted by molar-refractivity contribution is -0.907. The quantitative estimate of drug-likeness (QED) is 0.675. The first-order valence-electron chi connectivity index (χ1n) is 7.66. The summed E-state index contributed by atoms with van der Waals surface area (Å²) >= 11 is 5.25. The van der Waals surface area contributed by atoms with Crippen molar-refractivity contribution in [1.82, 2.24) is 0 Å². The third-order valence-corrected chi connectivity index (χ3v) is 5.52. The second-order valence-corrected chi connectivity index (χ2v) is 8.34. The summed E-state index contributed by atoms with van der Waals surface area (Å²) in [6.07, 6.45) is 0.933. The Bertz CT molecular complexity index is 884. The van der Waals surface area contributed by atoms with Crippen LogP contribution in [0, 0.1) is 0 Å². The van der Waals surface area contributed by atoms with Crippen LogP contribution in [0.5, 0.6) is 0 Å². The molecule has 0 aliphatic carbocycles. The highest BCUT2D eigenvalue weighted by atomic mass is 79.9. The highest BCUT2D eigenvalue weighted by Gasteiger charge is 2.12. The molecule has 0 saturated carbocycles. The van der Waals surface area contributed by atoms with Crippen molar-refractivity contribution in [2.45, 2.75) is 26.4 Å². The Balaban J connectivity index is 1.88. The van der Waals surface area contributed by atoms with Gasteiger partial charge in [-0.3, -0.25) is 0 Å². The number of nitrogens with one attached hydrogen (secondary N) is 1. The first-order chi connectivity index (χ1) is 11.0. The van der Waals surface area contributed by atoms with Gasteiger partial charge >= 0.3 is 5.63 Å². The van der Waals surface area contributed by atoms with E-state index >= 15 is 0 Å². The number of quaternary nitrogens is 1. The van der Waals surface area contributed by atoms with Gasteiger partial charge in [0, 0.05) is 17.0 Å². The summed E-state index contributed by atoms with van der Waals surface area (Å²) in [4.78, 5) is 14.5. The van der Waals surface area contributed by atoms with Gasteiger partial charge in [0.05, 0.1) is 15.7 Å². The van der Waals surface area contributed by atoms with Gasteiger partial charge in [-0.05, 0) is 46.1 Å². The molecule has 0 aliphatic heterocycles. The lowest BCUT2D eigenvalue weighted by Gasteiger charge is -2.14. The third-order valence-electron chi connectivity index (χ3n) is 3.90. The van der Waals surface area contributed by atoms with Crippen LogP contribution in [-0.2, 0) is 19.5 Å². The highest BCUT2D eigenvalue weighted by molar-refractivity contribution is 9.11. The van der Waals surface area contributed by atoms with E-state index in [1.165, 1.54) is 15.3 Å². The second kappa shape index (κ2) is 6.99. The van der Waals surface area contributed by atoms with Crippen molar-refractivity contribution >= 4 is 38.2 Å². The Labute approximate surface area is 147 Å². The SMILES string of the molecule is CCc1ccc2c(C[NH+](C)Cc3ccc(Br)s3)cc(=O)oc2c1. The largest absolute Gasteiger partial charge is 0.423 e. The van der Waals surface area contributed by atoms with E-state index in [0.717, 1.165) is 34.2 Å². The van der Waals surface area contributed by atoms with Gasteiger partial charge in [0.1, 0.15) is 18.7 Å². The minimum absolute atomic E-state index is 0.271. The number of fused-ring (bicyclic) bond motifs is 1. The maximum absolute atomic E-state index is 11.9. The summed E-state index contributed by atoms with van der Waals surface area (Å²) in [5.41, 5.74) is 2.65. The Morgan fingerprint density at radius 1 is 1.17 bits per heavy atom. The van der Waals surface area contributed by atoms with Crippen LogP contribution in [0.4, 0.5) is 0 Å². The molecule has 120 valence electrons. The predicted molar refractivity (Wildman–Crippen MR) is 98.2 cm³/mol. The summed E-state index contributed by atoms with van der Waals surface area (Å²) in [7, 11) is 2.15. The fraction of sp³-hybridized carbons (Fsp3) is 0.278. The van der Waals surface area contributed by atoms with E-state index in [1.807, 2.05) is 6.07 Å². The summed E-state index contributed by atoms with van der Waals surface area (Å²) < 4.78 is 6.53. The minimum atomic E-state index is -0.271. The molecule has 3 nitrogen and oxygen atoms in total. The predicted octanol–water partition coefficient (Wildman–Crippen LogP) is 3.39. The van der Waals surface area contributed by atoms with E-state index in [-0.39, 0.29) is 5.63 Å². The number of rotatable bonds is 5. The molecule has 3 aromatic rings. The van der Waals surface area contributed by atoms with Gasteiger partial charge in [0.2, 0.25) is 0 Å². The molecule has 3 rings (SSSR count). The fourth-order valence-corrected chi connectivity index (χ4v) is 4.37. The molecular weight excluding hydrogens is 374 g/mol. The molecule has 1 unspecified atom stereocenters. The molecule has 1 N–H and O–H groups in total. The van der Waals surface area contributed by atoms with Crippen molar-refractivity contribution in [3.8, 4) is 0 Å². The molecule has 0 aliphatic rings. The van der Waals surface area contributed by atoms with Crippen molar-refractivity contribution in [2.24, 2.45) is 0 Å². The molecule has 23 heavy (non-hydrogen) atoms. The van der Waals surface area contributed by atoms with Crippen LogP contribution in [-0.4, -0.2) is 7.05 Å². The van der Waals surface area contributed by atoms with E-state index in [1.54, 1.807) is 17.4 Å². The van der Waals surface area contributed by atoms with Crippen LogP contribution in [0.2, 0.25) is 0 Å². The van der Waals surface area contributed by atoms with Crippen LogP contribution in [0.1, 0.15) is 22.9 Å². The summed E-state index contributed by atoms with van der Waals surface area (Å²) in [5, 5.41) is 1.04. The van der Waals surface area contributed by atoms with Gasteiger partial charge in [-0.2, -0.15) is 0 Å². The maximum Gasteiger partial charge on any atom is 0.336 e. The van der Waals surface area contributed by atoms with Crippen molar-refractivity contribution in [2.75, 3.05) is 7.05 Å². The van der Waals surface area contributed by atoms with E-state index in [4.69, 9.17) is 4.42 Å². The lowest BCUT2D eigenvalue weighted by atomic mass is 10.1. The van der Waals surface area contributed by atoms with Crippen LogP contribution in [0.25, 0.3) is 11.0 Å². The van der Waals surface area contributed by atoms with Crippen LogP contribution in [0.15, 0.2) is 49.4 Å². The summed E-state index contributed by atoms with van der Waals surface area (Å²) in [6, 6.07) is 12.0. The molecule has 0 spiro atoms. The Hall–Kier alpha value is -1.43. The first-order valence-corrected chi connectivity index (χ1v) is 9.27. The van der Waals surface area contributed by atoms with Gasteiger partial charge < -0.3 is 9.32 Å². The number of hydrogen-bond acceptors (Lipinski definition) is 3. The molecule has 0 amide bonds. The van der Waals surface area contributed by atoms with Crippen molar-refractivity contribution in [3.63, 3.8) is 0 Å². The zero-order valence-electron chi connectivity index (χ0n) is 13.2. The zero-order chi connectivity index (χ0) is 16.4. The van der Waals surface area contributed by atoms with E-state index in [2.05, 4.69) is 54.2 Å². The molecule has 0 fully saturated rings. The average molecular weight is 393 g/mol. The van der Waals surface area contributed by atoms with Gasteiger partial charge in [-0.1, -0.05) is 19.1 Å². The second-order valence-electron chi connectivity index (χ2n) is 5.79. The van der Waals surface area contributed by atoms with Crippen molar-refractivity contribution < 1.29 is 9.32 Å². The molecule has 0 radical (unpaired) electrons. The summed E-state index contributed by atoms with van der Waals surface area (Å²) in [5.74, 6) is 0. The number of hydrogen-bond donors (Lipinski definition) is 1. The molecule has 0 saturated heterocycles. The topological polar surface area (TPSA) is 34.7 Å². The first kappa shape index (κ1) is 16.4. The Morgan fingerprint density at radius 3 is 2.70 bits per heavy atom. The number of benzene rings is 1.